The number of nitrogens with zero attached hydrogens (tertiary/aromatic N) is 1. The van der Waals surface area contributed by atoms with E-state index in [9.17, 15) is 4.79 Å². The number of aliphatic carboxylic acids is 1. The van der Waals surface area contributed by atoms with Crippen LogP contribution < -0.4 is 0 Å². The van der Waals surface area contributed by atoms with Crippen LogP contribution in [0, 0.1) is 11.8 Å². The lowest BCUT2D eigenvalue weighted by molar-refractivity contribution is -0.143. The number of likely N-dealkylation sites (tertiary alicyclic amines) is 1. The van der Waals surface area contributed by atoms with Crippen molar-refractivity contribution < 1.29 is 14.6 Å². The summed E-state index contributed by atoms with van der Waals surface area (Å²) in [6.45, 7) is 5.49. The molecule has 3 atom stereocenters. The zero-order valence-electron chi connectivity index (χ0n) is 9.19. The van der Waals surface area contributed by atoms with Gasteiger partial charge in [-0.15, -0.1) is 0 Å². The Kier molecular flexibility index (Phi) is 3.26. The first-order chi connectivity index (χ1) is 7.18. The highest BCUT2D eigenvalue weighted by atomic mass is 16.5. The molecule has 2 aliphatic heterocycles. The summed E-state index contributed by atoms with van der Waals surface area (Å²) in [6, 6.07) is -0.273. The number of carboxylic acids is 1. The predicted octanol–water partition coefficient (Wildman–Crippen LogP) is 0.818. The van der Waals surface area contributed by atoms with Crippen LogP contribution in [-0.2, 0) is 9.53 Å². The second-order valence-electron chi connectivity index (χ2n) is 4.77. The van der Waals surface area contributed by atoms with Crippen LogP contribution in [0.15, 0.2) is 0 Å². The lowest BCUT2D eigenvalue weighted by atomic mass is 10.0. The van der Waals surface area contributed by atoms with E-state index in [-0.39, 0.29) is 12.0 Å². The van der Waals surface area contributed by atoms with Gasteiger partial charge in [-0.2, -0.15) is 0 Å². The van der Waals surface area contributed by atoms with Crippen LogP contribution in [0.2, 0.25) is 0 Å². The fourth-order valence-corrected chi connectivity index (χ4v) is 2.69. The molecule has 86 valence electrons. The molecule has 0 bridgehead atoms. The van der Waals surface area contributed by atoms with E-state index >= 15 is 0 Å². The van der Waals surface area contributed by atoms with Crippen molar-refractivity contribution >= 4 is 5.97 Å². The topological polar surface area (TPSA) is 49.8 Å². The quantitative estimate of drug-likeness (QED) is 0.754. The Labute approximate surface area is 90.2 Å². The summed E-state index contributed by atoms with van der Waals surface area (Å²) in [4.78, 5) is 13.2. The molecule has 15 heavy (non-hydrogen) atoms. The molecule has 2 rings (SSSR count). The van der Waals surface area contributed by atoms with Crippen LogP contribution in [0.3, 0.4) is 0 Å². The van der Waals surface area contributed by atoms with Crippen molar-refractivity contribution in [2.24, 2.45) is 11.8 Å². The second kappa shape index (κ2) is 4.49. The van der Waals surface area contributed by atoms with Crippen molar-refractivity contribution in [3.63, 3.8) is 0 Å². The van der Waals surface area contributed by atoms with Crippen LogP contribution in [-0.4, -0.2) is 48.3 Å². The Morgan fingerprint density at radius 2 is 2.33 bits per heavy atom. The minimum atomic E-state index is -0.668. The monoisotopic (exact) mass is 213 g/mol. The van der Waals surface area contributed by atoms with Gasteiger partial charge in [0.15, 0.2) is 0 Å². The predicted molar refractivity (Wildman–Crippen MR) is 55.7 cm³/mol. The average molecular weight is 213 g/mol. The Balaban J connectivity index is 1.92. The van der Waals surface area contributed by atoms with Crippen LogP contribution in [0.5, 0.6) is 0 Å². The maximum Gasteiger partial charge on any atom is 0.321 e. The molecule has 1 N–H and O–H groups in total. The molecule has 4 nitrogen and oxygen atoms in total. The van der Waals surface area contributed by atoms with Gasteiger partial charge in [0, 0.05) is 13.2 Å². The molecule has 4 heteroatoms. The first-order valence-electron chi connectivity index (χ1n) is 5.73. The zero-order valence-corrected chi connectivity index (χ0v) is 9.19. The van der Waals surface area contributed by atoms with Crippen molar-refractivity contribution in [3.8, 4) is 0 Å². The van der Waals surface area contributed by atoms with E-state index in [1.54, 1.807) is 0 Å². The molecule has 0 aromatic rings. The highest BCUT2D eigenvalue weighted by molar-refractivity contribution is 5.74. The molecule has 0 amide bonds. The lowest BCUT2D eigenvalue weighted by Crippen LogP contribution is -2.41. The van der Waals surface area contributed by atoms with E-state index < -0.39 is 5.97 Å². The minimum absolute atomic E-state index is 0.273. The highest BCUT2D eigenvalue weighted by Gasteiger charge is 2.37. The smallest absolute Gasteiger partial charge is 0.321 e. The van der Waals surface area contributed by atoms with Gasteiger partial charge in [0.1, 0.15) is 6.04 Å². The van der Waals surface area contributed by atoms with Gasteiger partial charge in [0.05, 0.1) is 6.61 Å². The molecular weight excluding hydrogens is 194 g/mol. The van der Waals surface area contributed by atoms with Crippen LogP contribution >= 0.6 is 0 Å². The highest BCUT2D eigenvalue weighted by Crippen LogP contribution is 2.26. The molecular formula is C11H19NO3. The molecule has 0 saturated carbocycles. The fourth-order valence-electron chi connectivity index (χ4n) is 2.69. The van der Waals surface area contributed by atoms with Crippen LogP contribution in [0.25, 0.3) is 0 Å². The normalized spacial score (nSPS) is 37.3. The number of carboxylic acid groups (broad SMARTS) is 1. The van der Waals surface area contributed by atoms with Gasteiger partial charge in [0.2, 0.25) is 0 Å². The molecule has 2 saturated heterocycles. The Bertz CT molecular complexity index is 238. The van der Waals surface area contributed by atoms with Gasteiger partial charge in [0.25, 0.3) is 0 Å². The summed E-state index contributed by atoms with van der Waals surface area (Å²) >= 11 is 0. The van der Waals surface area contributed by atoms with Crippen molar-refractivity contribution in [1.29, 1.82) is 0 Å². The molecule has 0 radical (unpaired) electrons. The number of carbonyl (C=O) groups is 1. The van der Waals surface area contributed by atoms with E-state index in [2.05, 4.69) is 4.90 Å². The van der Waals surface area contributed by atoms with Crippen molar-refractivity contribution in [2.75, 3.05) is 26.3 Å². The maximum atomic E-state index is 11.1. The van der Waals surface area contributed by atoms with Crippen molar-refractivity contribution in [2.45, 2.75) is 25.8 Å². The van der Waals surface area contributed by atoms with Gasteiger partial charge >= 0.3 is 5.97 Å². The number of rotatable bonds is 3. The van der Waals surface area contributed by atoms with Gasteiger partial charge in [-0.25, -0.2) is 0 Å². The summed E-state index contributed by atoms with van der Waals surface area (Å²) in [6.07, 6.45) is 2.09. The van der Waals surface area contributed by atoms with Crippen molar-refractivity contribution in [3.05, 3.63) is 0 Å². The molecule has 3 unspecified atom stereocenters. The van der Waals surface area contributed by atoms with Gasteiger partial charge < -0.3 is 9.84 Å². The largest absolute Gasteiger partial charge is 0.480 e. The Morgan fingerprint density at radius 3 is 2.93 bits per heavy atom. The Morgan fingerprint density at radius 1 is 1.53 bits per heavy atom. The first kappa shape index (κ1) is 10.9. The SMILES string of the molecule is CC1CCN(CC2CCOC2)C1C(=O)O. The summed E-state index contributed by atoms with van der Waals surface area (Å²) in [7, 11) is 0. The minimum Gasteiger partial charge on any atom is -0.480 e. The molecule has 2 heterocycles. The van der Waals surface area contributed by atoms with Gasteiger partial charge in [-0.3, -0.25) is 9.69 Å². The first-order valence-corrected chi connectivity index (χ1v) is 5.73. The van der Waals surface area contributed by atoms with Crippen molar-refractivity contribution in [1.82, 2.24) is 4.90 Å². The molecule has 0 spiro atoms. The summed E-state index contributed by atoms with van der Waals surface area (Å²) < 4.78 is 5.32. The van der Waals surface area contributed by atoms with Gasteiger partial charge in [-0.05, 0) is 31.2 Å². The number of ether oxygens (including phenoxy) is 1. The van der Waals surface area contributed by atoms with E-state index in [1.807, 2.05) is 6.92 Å². The summed E-state index contributed by atoms with van der Waals surface area (Å²) in [5, 5.41) is 9.16. The zero-order chi connectivity index (χ0) is 10.8. The number of hydrogen-bond donors (Lipinski definition) is 1. The second-order valence-corrected chi connectivity index (χ2v) is 4.77. The van der Waals surface area contributed by atoms with Crippen LogP contribution in [0.1, 0.15) is 19.8 Å². The molecule has 2 aliphatic rings. The maximum absolute atomic E-state index is 11.1. The third kappa shape index (κ3) is 2.32. The standard InChI is InChI=1S/C11H19NO3/c1-8-2-4-12(10(8)11(13)14)6-9-3-5-15-7-9/h8-10H,2-7H2,1H3,(H,13,14). The average Bonchev–Trinajstić information content (AvgIpc) is 2.76. The molecule has 0 aromatic carbocycles. The number of hydrogen-bond acceptors (Lipinski definition) is 3. The summed E-state index contributed by atoms with van der Waals surface area (Å²) in [5.74, 6) is 0.154. The third-order valence-electron chi connectivity index (χ3n) is 3.57. The summed E-state index contributed by atoms with van der Waals surface area (Å²) in [5.41, 5.74) is 0. The van der Waals surface area contributed by atoms with E-state index in [1.165, 1.54) is 0 Å². The Hall–Kier alpha value is -0.610. The van der Waals surface area contributed by atoms with Gasteiger partial charge in [-0.1, -0.05) is 6.92 Å². The van der Waals surface area contributed by atoms with Crippen LogP contribution in [0.4, 0.5) is 0 Å². The third-order valence-corrected chi connectivity index (χ3v) is 3.57. The molecule has 0 aliphatic carbocycles. The molecule has 0 aromatic heterocycles. The fraction of sp³-hybridized carbons (Fsp3) is 0.909. The van der Waals surface area contributed by atoms with E-state index in [0.29, 0.717) is 5.92 Å². The van der Waals surface area contributed by atoms with E-state index in [0.717, 1.165) is 39.1 Å². The molecule has 2 fully saturated rings. The van der Waals surface area contributed by atoms with E-state index in [4.69, 9.17) is 9.84 Å². The lowest BCUT2D eigenvalue weighted by Gasteiger charge is -2.25.